The largest absolute Gasteiger partial charge is 0.505 e. The summed E-state index contributed by atoms with van der Waals surface area (Å²) in [6, 6.07) is 21.8. The summed E-state index contributed by atoms with van der Waals surface area (Å²) in [5.74, 6) is -2.90. The number of azo groups is 3. The van der Waals surface area contributed by atoms with Crippen molar-refractivity contribution < 1.29 is 24.9 Å². The van der Waals surface area contributed by atoms with Crippen LogP contribution in [0, 0.1) is 0 Å². The maximum atomic E-state index is 11.7. The van der Waals surface area contributed by atoms with Gasteiger partial charge >= 0.3 is 12.0 Å². The van der Waals surface area contributed by atoms with Gasteiger partial charge in [-0.1, -0.05) is 36.4 Å². The number of rotatable bonds is 8. The molecule has 0 heterocycles. The Labute approximate surface area is 220 Å². The number of carbonyl (C=O) groups excluding carboxylic acids is 1. The van der Waals surface area contributed by atoms with Crippen molar-refractivity contribution in [3.63, 3.8) is 0 Å². The maximum Gasteiger partial charge on any atom is 0.338 e. The number of amides is 2. The predicted octanol–water partition coefficient (Wildman–Crippen LogP) is 7.53. The zero-order chi connectivity index (χ0) is 27.8. The van der Waals surface area contributed by atoms with Gasteiger partial charge in [0.25, 0.3) is 0 Å². The summed E-state index contributed by atoms with van der Waals surface area (Å²) in [6.45, 7) is 0. The van der Waals surface area contributed by atoms with Crippen molar-refractivity contribution in [2.45, 2.75) is 0 Å². The first-order valence-electron chi connectivity index (χ1n) is 11.2. The maximum absolute atomic E-state index is 11.7. The number of nitrogens with two attached hydrogens (primary N) is 1. The van der Waals surface area contributed by atoms with Gasteiger partial charge in [0.1, 0.15) is 22.8 Å². The second kappa shape index (κ2) is 11.8. The third-order valence-corrected chi connectivity index (χ3v) is 5.01. The lowest BCUT2D eigenvalue weighted by Gasteiger charge is -2.08. The summed E-state index contributed by atoms with van der Waals surface area (Å²) in [7, 11) is 0. The van der Waals surface area contributed by atoms with E-state index in [4.69, 9.17) is 5.73 Å². The molecule has 0 aromatic heterocycles. The van der Waals surface area contributed by atoms with Gasteiger partial charge in [-0.3, -0.25) is 0 Å². The predicted molar refractivity (Wildman–Crippen MR) is 142 cm³/mol. The average Bonchev–Trinajstić information content (AvgIpc) is 2.92. The van der Waals surface area contributed by atoms with Crippen molar-refractivity contribution in [3.8, 4) is 11.5 Å². The van der Waals surface area contributed by atoms with Crippen molar-refractivity contribution in [3.05, 3.63) is 90.5 Å². The van der Waals surface area contributed by atoms with Gasteiger partial charge in [0.2, 0.25) is 0 Å². The number of primary amides is 1. The van der Waals surface area contributed by atoms with Crippen molar-refractivity contribution in [2.24, 2.45) is 36.4 Å². The van der Waals surface area contributed by atoms with Crippen molar-refractivity contribution in [2.75, 3.05) is 5.32 Å². The Bertz CT molecular complexity index is 1610. The molecule has 13 nitrogen and oxygen atoms in total. The van der Waals surface area contributed by atoms with E-state index in [0.717, 1.165) is 6.07 Å². The Morgan fingerprint density at radius 3 is 1.82 bits per heavy atom. The Kier molecular flexibility index (Phi) is 7.92. The third kappa shape index (κ3) is 6.62. The zero-order valence-corrected chi connectivity index (χ0v) is 20.0. The quantitative estimate of drug-likeness (QED) is 0.148. The molecule has 4 aromatic rings. The van der Waals surface area contributed by atoms with Crippen LogP contribution in [-0.2, 0) is 0 Å². The van der Waals surface area contributed by atoms with E-state index in [-0.39, 0.29) is 17.1 Å². The number of carboxylic acids is 1. The number of anilines is 1. The lowest BCUT2D eigenvalue weighted by Crippen LogP contribution is -2.19. The number of hydrogen-bond donors (Lipinski definition) is 5. The van der Waals surface area contributed by atoms with Crippen LogP contribution in [0.1, 0.15) is 10.4 Å². The Morgan fingerprint density at radius 1 is 0.667 bits per heavy atom. The van der Waals surface area contributed by atoms with Gasteiger partial charge in [-0.25, -0.2) is 9.59 Å². The standard InChI is InChI=1S/C26H20N8O5/c27-26(39)28-17-11-12-19(31-29-15-7-3-1-4-8-15)20(13-17)32-34-23-21(35)14-18(25(37)38)22(24(23)36)33-30-16-9-5-2-6-10-16/h1-14,35-36H,(H,37,38)(H3,27,28,39). The van der Waals surface area contributed by atoms with Crippen LogP contribution in [0.2, 0.25) is 0 Å². The molecule has 194 valence electrons. The van der Waals surface area contributed by atoms with E-state index in [9.17, 15) is 24.9 Å². The van der Waals surface area contributed by atoms with Crippen LogP contribution < -0.4 is 11.1 Å². The van der Waals surface area contributed by atoms with E-state index >= 15 is 0 Å². The van der Waals surface area contributed by atoms with E-state index in [1.807, 2.05) is 6.07 Å². The molecule has 0 fully saturated rings. The SMILES string of the molecule is NC(=O)Nc1ccc(N=Nc2ccccc2)c(N=Nc2c(O)cc(C(=O)O)c(N=Nc3ccccc3)c2O)c1. The number of phenols is 2. The molecule has 2 amide bonds. The Balaban J connectivity index is 1.77. The molecule has 0 atom stereocenters. The summed E-state index contributed by atoms with van der Waals surface area (Å²) >= 11 is 0. The van der Waals surface area contributed by atoms with Crippen molar-refractivity contribution in [1.29, 1.82) is 0 Å². The minimum absolute atomic E-state index is 0.0782. The fraction of sp³-hybridized carbons (Fsp3) is 0. The number of urea groups is 1. The molecule has 0 unspecified atom stereocenters. The van der Waals surface area contributed by atoms with Crippen molar-refractivity contribution >= 4 is 51.8 Å². The molecule has 0 aliphatic rings. The minimum atomic E-state index is -1.46. The molecule has 0 radical (unpaired) electrons. The lowest BCUT2D eigenvalue weighted by atomic mass is 10.1. The molecule has 0 aliphatic heterocycles. The number of hydrogen-bond acceptors (Lipinski definition) is 10. The van der Waals surface area contributed by atoms with Gasteiger partial charge in [0.15, 0.2) is 11.4 Å². The third-order valence-electron chi connectivity index (χ3n) is 5.01. The van der Waals surface area contributed by atoms with Crippen LogP contribution >= 0.6 is 0 Å². The van der Waals surface area contributed by atoms with Crippen LogP contribution in [0.3, 0.4) is 0 Å². The summed E-state index contributed by atoms with van der Waals surface area (Å²) in [5, 5.41) is 57.3. The molecule has 0 bridgehead atoms. The summed E-state index contributed by atoms with van der Waals surface area (Å²) in [4.78, 5) is 23.1. The summed E-state index contributed by atoms with van der Waals surface area (Å²) < 4.78 is 0. The number of phenolic OH excluding ortho intramolecular Hbond substituents is 2. The van der Waals surface area contributed by atoms with Gasteiger partial charge in [-0.05, 0) is 48.5 Å². The molecule has 4 rings (SSSR count). The molecular weight excluding hydrogens is 504 g/mol. The second-order valence-corrected chi connectivity index (χ2v) is 7.76. The number of benzene rings is 4. The summed E-state index contributed by atoms with van der Waals surface area (Å²) in [6.07, 6.45) is 0. The highest BCUT2D eigenvalue weighted by Crippen LogP contribution is 2.47. The molecule has 4 aromatic carbocycles. The first kappa shape index (κ1) is 26.1. The van der Waals surface area contributed by atoms with Gasteiger partial charge in [-0.15, -0.1) is 20.5 Å². The molecular formula is C26H20N8O5. The fourth-order valence-electron chi connectivity index (χ4n) is 3.22. The second-order valence-electron chi connectivity index (χ2n) is 7.76. The molecule has 6 N–H and O–H groups in total. The van der Waals surface area contributed by atoms with Gasteiger partial charge in [0.05, 0.1) is 16.9 Å². The number of carboxylic acid groups (broad SMARTS) is 1. The summed E-state index contributed by atoms with van der Waals surface area (Å²) in [5.41, 5.74) is 5.31. The zero-order valence-electron chi connectivity index (χ0n) is 20.0. The molecule has 0 aliphatic carbocycles. The fourth-order valence-corrected chi connectivity index (χ4v) is 3.22. The highest BCUT2D eigenvalue weighted by Gasteiger charge is 2.22. The molecule has 13 heteroatoms. The number of carbonyl (C=O) groups is 2. The van der Waals surface area contributed by atoms with E-state index in [0.29, 0.717) is 11.4 Å². The monoisotopic (exact) mass is 524 g/mol. The van der Waals surface area contributed by atoms with Crippen LogP contribution in [0.5, 0.6) is 11.5 Å². The number of aromatic carboxylic acids is 1. The van der Waals surface area contributed by atoms with Gasteiger partial charge in [-0.2, -0.15) is 10.2 Å². The smallest absolute Gasteiger partial charge is 0.338 e. The molecule has 0 spiro atoms. The first-order chi connectivity index (χ1) is 18.8. The number of nitrogens with one attached hydrogen (secondary N) is 1. The van der Waals surface area contributed by atoms with Gasteiger partial charge < -0.3 is 26.4 Å². The van der Waals surface area contributed by atoms with E-state index in [1.165, 1.54) is 18.2 Å². The van der Waals surface area contributed by atoms with Gasteiger partial charge in [0, 0.05) is 5.69 Å². The Hall–Kier alpha value is -5.98. The van der Waals surface area contributed by atoms with E-state index < -0.39 is 40.4 Å². The highest BCUT2D eigenvalue weighted by molar-refractivity contribution is 5.97. The van der Waals surface area contributed by atoms with Crippen LogP contribution in [-0.4, -0.2) is 27.3 Å². The van der Waals surface area contributed by atoms with E-state index in [2.05, 4.69) is 36.0 Å². The molecule has 0 saturated carbocycles. The Morgan fingerprint density at radius 2 is 1.23 bits per heavy atom. The highest BCUT2D eigenvalue weighted by atomic mass is 16.4. The van der Waals surface area contributed by atoms with E-state index in [1.54, 1.807) is 54.6 Å². The minimum Gasteiger partial charge on any atom is -0.505 e. The van der Waals surface area contributed by atoms with Crippen molar-refractivity contribution in [1.82, 2.24) is 0 Å². The van der Waals surface area contributed by atoms with Crippen LogP contribution in [0.25, 0.3) is 0 Å². The van der Waals surface area contributed by atoms with Crippen LogP contribution in [0.15, 0.2) is 116 Å². The lowest BCUT2D eigenvalue weighted by molar-refractivity contribution is 0.0697. The number of nitrogens with zero attached hydrogens (tertiary/aromatic N) is 6. The molecule has 0 saturated heterocycles. The first-order valence-corrected chi connectivity index (χ1v) is 11.2. The number of aromatic hydroxyl groups is 2. The normalized spacial score (nSPS) is 11.4. The average molecular weight is 524 g/mol. The molecule has 39 heavy (non-hydrogen) atoms. The topological polar surface area (TPSA) is 207 Å². The van der Waals surface area contributed by atoms with Crippen LogP contribution in [0.4, 0.5) is 44.6 Å².